The highest BCUT2D eigenvalue weighted by Crippen LogP contribution is 2.48. The summed E-state index contributed by atoms with van der Waals surface area (Å²) in [4.78, 5) is 27.8. The molecule has 186 valence electrons. The van der Waals surface area contributed by atoms with Gasteiger partial charge in [-0.05, 0) is 48.0 Å². The lowest BCUT2D eigenvalue weighted by atomic mass is 9.94. The smallest absolute Gasteiger partial charge is 0.300 e. The monoisotopic (exact) mass is 531 g/mol. The van der Waals surface area contributed by atoms with Crippen molar-refractivity contribution < 1.29 is 33.3 Å². The summed E-state index contributed by atoms with van der Waals surface area (Å²) in [6.07, 6.45) is 0. The highest BCUT2D eigenvalue weighted by molar-refractivity contribution is 6.52. The van der Waals surface area contributed by atoms with Gasteiger partial charge in [-0.3, -0.25) is 14.5 Å². The van der Waals surface area contributed by atoms with Crippen molar-refractivity contribution in [3.8, 4) is 17.2 Å². The van der Waals surface area contributed by atoms with E-state index < -0.39 is 29.3 Å². The number of Topliss-reactive ketones (excluding diaryl/α,β-unsaturated/α-hetero) is 1. The first-order chi connectivity index (χ1) is 17.2. The van der Waals surface area contributed by atoms with Crippen LogP contribution >= 0.6 is 23.2 Å². The van der Waals surface area contributed by atoms with E-state index in [0.717, 1.165) is 0 Å². The quantitative estimate of drug-likeness (QED) is 0.246. The Morgan fingerprint density at radius 1 is 0.917 bits per heavy atom. The Balaban J connectivity index is 1.99. The number of nitrogens with zero attached hydrogens (tertiary/aromatic N) is 1. The molecule has 0 aliphatic carbocycles. The van der Waals surface area contributed by atoms with Crippen molar-refractivity contribution in [2.75, 3.05) is 26.2 Å². The number of halogens is 3. The zero-order valence-corrected chi connectivity index (χ0v) is 20.9. The molecule has 1 fully saturated rings. The molecule has 36 heavy (non-hydrogen) atoms. The molecule has 1 unspecified atom stereocenters. The number of anilines is 1. The van der Waals surface area contributed by atoms with Crippen LogP contribution in [0.1, 0.15) is 17.2 Å². The van der Waals surface area contributed by atoms with Crippen LogP contribution in [0.15, 0.2) is 60.2 Å². The Bertz CT molecular complexity index is 1370. The number of aliphatic hydroxyl groups is 1. The van der Waals surface area contributed by atoms with E-state index in [4.69, 9.17) is 37.4 Å². The molecule has 3 aromatic rings. The molecule has 0 spiro atoms. The van der Waals surface area contributed by atoms with Gasteiger partial charge in [0, 0.05) is 5.69 Å². The molecule has 4 rings (SSSR count). The molecule has 0 saturated carbocycles. The molecule has 1 saturated heterocycles. The Morgan fingerprint density at radius 2 is 1.53 bits per heavy atom. The van der Waals surface area contributed by atoms with Crippen molar-refractivity contribution in [3.63, 3.8) is 0 Å². The predicted octanol–water partition coefficient (Wildman–Crippen LogP) is 5.78. The van der Waals surface area contributed by atoms with E-state index in [1.165, 1.54) is 56.6 Å². The van der Waals surface area contributed by atoms with Crippen LogP contribution in [-0.2, 0) is 9.59 Å². The molecule has 1 heterocycles. The van der Waals surface area contributed by atoms with Gasteiger partial charge in [0.25, 0.3) is 11.7 Å². The highest BCUT2D eigenvalue weighted by Gasteiger charge is 2.47. The number of hydrogen-bond acceptors (Lipinski definition) is 6. The fraction of sp³-hybridized carbons (Fsp3) is 0.154. The lowest BCUT2D eigenvalue weighted by Gasteiger charge is -2.26. The molecule has 1 aliphatic heterocycles. The second-order valence-electron chi connectivity index (χ2n) is 7.71. The van der Waals surface area contributed by atoms with Crippen molar-refractivity contribution in [1.29, 1.82) is 0 Å². The van der Waals surface area contributed by atoms with Gasteiger partial charge >= 0.3 is 0 Å². The zero-order chi connectivity index (χ0) is 26.1. The first-order valence-corrected chi connectivity index (χ1v) is 11.3. The molecule has 0 bridgehead atoms. The number of amides is 1. The van der Waals surface area contributed by atoms with Gasteiger partial charge in [-0.2, -0.15) is 0 Å². The van der Waals surface area contributed by atoms with E-state index in [2.05, 4.69) is 0 Å². The largest absolute Gasteiger partial charge is 0.507 e. The summed E-state index contributed by atoms with van der Waals surface area (Å²) in [5, 5.41) is 11.4. The minimum absolute atomic E-state index is 0.0103. The Kier molecular flexibility index (Phi) is 7.10. The maximum Gasteiger partial charge on any atom is 0.300 e. The lowest BCUT2D eigenvalue weighted by Crippen LogP contribution is -2.29. The van der Waals surface area contributed by atoms with Crippen molar-refractivity contribution >= 4 is 46.3 Å². The third-order valence-electron chi connectivity index (χ3n) is 5.78. The lowest BCUT2D eigenvalue weighted by molar-refractivity contribution is -0.132. The van der Waals surface area contributed by atoms with Crippen LogP contribution in [0.5, 0.6) is 17.2 Å². The number of benzene rings is 3. The van der Waals surface area contributed by atoms with Gasteiger partial charge in [-0.25, -0.2) is 4.39 Å². The topological polar surface area (TPSA) is 85.3 Å². The minimum atomic E-state index is -1.09. The molecule has 1 N–H and O–H groups in total. The third-order valence-corrected chi connectivity index (χ3v) is 6.40. The molecular formula is C26H20Cl2FNO6. The Labute approximate surface area is 216 Å². The number of rotatable bonds is 6. The standard InChI is InChI=1S/C26H20Cl2FNO6/c1-34-16-10-8-15(9-11-16)30-21(13-4-6-14(29)7-5-13)19(23(32)26(30)33)22(31)17-12-18(27)25(36-3)20(28)24(17)35-2/h4-12,21,31H,1-3H3/b22-19+. The fourth-order valence-corrected chi connectivity index (χ4v) is 4.78. The van der Waals surface area contributed by atoms with Crippen LogP contribution < -0.4 is 19.1 Å². The molecule has 0 radical (unpaired) electrons. The molecule has 7 nitrogen and oxygen atoms in total. The SMILES string of the molecule is COc1ccc(N2C(=O)C(=O)/C(=C(/O)c3cc(Cl)c(OC)c(Cl)c3OC)C2c2ccc(F)cc2)cc1. The van der Waals surface area contributed by atoms with Crippen LogP contribution in [0.25, 0.3) is 5.76 Å². The maximum atomic E-state index is 13.7. The van der Waals surface area contributed by atoms with Crippen molar-refractivity contribution in [1.82, 2.24) is 0 Å². The molecule has 10 heteroatoms. The van der Waals surface area contributed by atoms with Gasteiger partial charge in [0.1, 0.15) is 22.3 Å². The average molecular weight is 532 g/mol. The Hall–Kier alpha value is -3.75. The van der Waals surface area contributed by atoms with Crippen LogP contribution in [0.2, 0.25) is 10.0 Å². The zero-order valence-electron chi connectivity index (χ0n) is 19.3. The highest BCUT2D eigenvalue weighted by atomic mass is 35.5. The van der Waals surface area contributed by atoms with Crippen molar-refractivity contribution in [2.24, 2.45) is 0 Å². The normalized spacial score (nSPS) is 16.8. The second-order valence-corrected chi connectivity index (χ2v) is 8.49. The van der Waals surface area contributed by atoms with Crippen molar-refractivity contribution in [3.05, 3.63) is 87.2 Å². The van der Waals surface area contributed by atoms with E-state index >= 15 is 0 Å². The average Bonchev–Trinajstić information content (AvgIpc) is 3.14. The number of ether oxygens (including phenoxy) is 3. The van der Waals surface area contributed by atoms with Crippen LogP contribution in [0, 0.1) is 5.82 Å². The summed E-state index contributed by atoms with van der Waals surface area (Å²) in [5.41, 5.74) is 0.479. The number of hydrogen-bond donors (Lipinski definition) is 1. The molecule has 1 atom stereocenters. The van der Waals surface area contributed by atoms with E-state index in [1.807, 2.05) is 0 Å². The van der Waals surface area contributed by atoms with Gasteiger partial charge in [0.15, 0.2) is 11.5 Å². The first-order valence-electron chi connectivity index (χ1n) is 10.5. The van der Waals surface area contributed by atoms with Crippen LogP contribution in [0.4, 0.5) is 10.1 Å². The number of aliphatic hydroxyl groups excluding tert-OH is 1. The summed E-state index contributed by atoms with van der Waals surface area (Å²) < 4.78 is 29.5. The van der Waals surface area contributed by atoms with E-state index in [-0.39, 0.29) is 32.7 Å². The molecule has 1 aliphatic rings. The molecule has 3 aromatic carbocycles. The maximum absolute atomic E-state index is 13.7. The van der Waals surface area contributed by atoms with Gasteiger partial charge in [0.05, 0.1) is 43.5 Å². The van der Waals surface area contributed by atoms with Crippen LogP contribution in [0.3, 0.4) is 0 Å². The Morgan fingerprint density at radius 3 is 2.08 bits per heavy atom. The predicted molar refractivity (Wildman–Crippen MR) is 134 cm³/mol. The van der Waals surface area contributed by atoms with Crippen molar-refractivity contribution in [2.45, 2.75) is 6.04 Å². The molecule has 0 aromatic heterocycles. The van der Waals surface area contributed by atoms with E-state index in [9.17, 15) is 19.1 Å². The summed E-state index contributed by atoms with van der Waals surface area (Å²) >= 11 is 12.7. The van der Waals surface area contributed by atoms with E-state index in [0.29, 0.717) is 17.0 Å². The van der Waals surface area contributed by atoms with Gasteiger partial charge in [0.2, 0.25) is 0 Å². The third kappa shape index (κ3) is 4.23. The summed E-state index contributed by atoms with van der Waals surface area (Å²) in [6, 6.07) is 11.9. The summed E-state index contributed by atoms with van der Waals surface area (Å²) in [7, 11) is 4.18. The van der Waals surface area contributed by atoms with E-state index in [1.54, 1.807) is 24.3 Å². The molecule has 1 amide bonds. The number of carbonyl (C=O) groups excluding carboxylic acids is 2. The summed E-state index contributed by atoms with van der Waals surface area (Å²) in [5.74, 6) is -2.27. The fourth-order valence-electron chi connectivity index (χ4n) is 4.09. The minimum Gasteiger partial charge on any atom is -0.507 e. The first kappa shape index (κ1) is 25.3. The number of carbonyl (C=O) groups is 2. The van der Waals surface area contributed by atoms with Gasteiger partial charge in [-0.1, -0.05) is 35.3 Å². The van der Waals surface area contributed by atoms with Gasteiger partial charge in [-0.15, -0.1) is 0 Å². The number of ketones is 1. The molecular weight excluding hydrogens is 512 g/mol. The van der Waals surface area contributed by atoms with Gasteiger partial charge < -0.3 is 19.3 Å². The second kappa shape index (κ2) is 10.1. The summed E-state index contributed by atoms with van der Waals surface area (Å²) in [6.45, 7) is 0. The number of methoxy groups -OCH3 is 3. The van der Waals surface area contributed by atoms with Crippen LogP contribution in [-0.4, -0.2) is 38.1 Å².